The van der Waals surface area contributed by atoms with Crippen molar-refractivity contribution >= 4 is 5.91 Å². The summed E-state index contributed by atoms with van der Waals surface area (Å²) in [5.74, 6) is 0.278. The number of carbonyl (C=O) groups is 1. The van der Waals surface area contributed by atoms with Crippen LogP contribution in [0.1, 0.15) is 25.5 Å². The quantitative estimate of drug-likeness (QED) is 0.809. The molecule has 1 fully saturated rings. The molecule has 5 heteroatoms. The van der Waals surface area contributed by atoms with E-state index in [0.29, 0.717) is 13.0 Å². The first-order valence-electron chi connectivity index (χ1n) is 6.02. The Morgan fingerprint density at radius 3 is 3.12 bits per heavy atom. The van der Waals surface area contributed by atoms with Crippen molar-refractivity contribution in [3.05, 3.63) is 24.3 Å². The molecule has 0 radical (unpaired) electrons. The van der Waals surface area contributed by atoms with E-state index in [0.717, 1.165) is 25.2 Å². The van der Waals surface area contributed by atoms with Gasteiger partial charge in [0, 0.05) is 38.3 Å². The van der Waals surface area contributed by atoms with Crippen molar-refractivity contribution in [3.8, 4) is 0 Å². The summed E-state index contributed by atoms with van der Waals surface area (Å²) in [6.45, 7) is 4.49. The summed E-state index contributed by atoms with van der Waals surface area (Å²) < 4.78 is 0. The summed E-state index contributed by atoms with van der Waals surface area (Å²) >= 11 is 0. The van der Waals surface area contributed by atoms with Crippen LogP contribution in [-0.4, -0.2) is 39.9 Å². The normalized spacial score (nSPS) is 17.5. The molecule has 0 aliphatic carbocycles. The first kappa shape index (κ1) is 12.0. The third-order valence-corrected chi connectivity index (χ3v) is 2.94. The summed E-state index contributed by atoms with van der Waals surface area (Å²) in [6.07, 6.45) is 4.99. The lowest BCUT2D eigenvalue weighted by Crippen LogP contribution is -2.39. The van der Waals surface area contributed by atoms with Crippen LogP contribution in [0.2, 0.25) is 0 Å². The molecule has 1 aliphatic heterocycles. The Bertz CT molecular complexity index is 368. The second kappa shape index (κ2) is 5.72. The third kappa shape index (κ3) is 3.49. The Labute approximate surface area is 101 Å². The van der Waals surface area contributed by atoms with Gasteiger partial charge in [0.25, 0.3) is 0 Å². The summed E-state index contributed by atoms with van der Waals surface area (Å²) in [7, 11) is 0. The highest BCUT2D eigenvalue weighted by atomic mass is 16.2. The van der Waals surface area contributed by atoms with E-state index in [2.05, 4.69) is 22.2 Å². The van der Waals surface area contributed by atoms with Gasteiger partial charge in [0.1, 0.15) is 6.33 Å². The standard InChI is InChI=1S/C12H18N4O/c1-10(8-16-6-2-3-12(16)17)14-7-11-4-5-13-9-15-11/h4-5,9-10,14H,2-3,6-8H2,1H3. The lowest BCUT2D eigenvalue weighted by molar-refractivity contribution is -0.127. The molecule has 1 aromatic heterocycles. The highest BCUT2D eigenvalue weighted by Gasteiger charge is 2.21. The highest BCUT2D eigenvalue weighted by Crippen LogP contribution is 2.09. The van der Waals surface area contributed by atoms with Crippen LogP contribution in [0.15, 0.2) is 18.6 Å². The van der Waals surface area contributed by atoms with Gasteiger partial charge < -0.3 is 10.2 Å². The van der Waals surface area contributed by atoms with Crippen LogP contribution in [0.3, 0.4) is 0 Å². The minimum atomic E-state index is 0.278. The fraction of sp³-hybridized carbons (Fsp3) is 0.583. The summed E-state index contributed by atoms with van der Waals surface area (Å²) in [6, 6.07) is 2.17. The van der Waals surface area contributed by atoms with Crippen LogP contribution in [0.25, 0.3) is 0 Å². The van der Waals surface area contributed by atoms with Gasteiger partial charge in [-0.3, -0.25) is 4.79 Å². The van der Waals surface area contributed by atoms with Crippen LogP contribution in [0.4, 0.5) is 0 Å². The first-order chi connectivity index (χ1) is 8.25. The Kier molecular flexibility index (Phi) is 4.03. The van der Waals surface area contributed by atoms with E-state index in [1.54, 1.807) is 12.5 Å². The number of amides is 1. The van der Waals surface area contributed by atoms with Crippen LogP contribution in [0.5, 0.6) is 0 Å². The maximum atomic E-state index is 11.5. The van der Waals surface area contributed by atoms with Crippen LogP contribution >= 0.6 is 0 Å². The number of carbonyl (C=O) groups excluding carboxylic acids is 1. The molecule has 0 bridgehead atoms. The van der Waals surface area contributed by atoms with Gasteiger partial charge in [0.2, 0.25) is 5.91 Å². The molecule has 1 amide bonds. The SMILES string of the molecule is CC(CN1CCCC1=O)NCc1ccncn1. The lowest BCUT2D eigenvalue weighted by atomic mass is 10.3. The Morgan fingerprint density at radius 1 is 1.59 bits per heavy atom. The largest absolute Gasteiger partial charge is 0.341 e. The molecular formula is C12H18N4O. The molecule has 1 saturated heterocycles. The fourth-order valence-electron chi connectivity index (χ4n) is 1.99. The van der Waals surface area contributed by atoms with Crippen LogP contribution in [-0.2, 0) is 11.3 Å². The number of aromatic nitrogens is 2. The molecule has 92 valence electrons. The van der Waals surface area contributed by atoms with Crippen molar-refractivity contribution in [2.24, 2.45) is 0 Å². The predicted molar refractivity (Wildman–Crippen MR) is 64.1 cm³/mol. The summed E-state index contributed by atoms with van der Waals surface area (Å²) in [4.78, 5) is 21.4. The van der Waals surface area contributed by atoms with Crippen molar-refractivity contribution in [1.82, 2.24) is 20.2 Å². The Balaban J connectivity index is 1.74. The van der Waals surface area contributed by atoms with Gasteiger partial charge in [-0.05, 0) is 19.4 Å². The van der Waals surface area contributed by atoms with E-state index in [1.807, 2.05) is 11.0 Å². The predicted octanol–water partition coefficient (Wildman–Crippen LogP) is 0.577. The van der Waals surface area contributed by atoms with Crippen molar-refractivity contribution in [2.75, 3.05) is 13.1 Å². The average molecular weight is 234 g/mol. The third-order valence-electron chi connectivity index (χ3n) is 2.94. The van der Waals surface area contributed by atoms with E-state index in [1.165, 1.54) is 0 Å². The summed E-state index contributed by atoms with van der Waals surface area (Å²) in [5, 5.41) is 3.36. The minimum Gasteiger partial charge on any atom is -0.341 e. The number of nitrogens with zero attached hydrogens (tertiary/aromatic N) is 3. The number of hydrogen-bond donors (Lipinski definition) is 1. The maximum Gasteiger partial charge on any atom is 0.222 e. The molecule has 0 spiro atoms. The van der Waals surface area contributed by atoms with Gasteiger partial charge in [0.05, 0.1) is 5.69 Å². The molecule has 0 saturated carbocycles. The van der Waals surface area contributed by atoms with Crippen molar-refractivity contribution in [1.29, 1.82) is 0 Å². The monoisotopic (exact) mass is 234 g/mol. The first-order valence-corrected chi connectivity index (χ1v) is 6.02. The molecule has 1 unspecified atom stereocenters. The molecule has 17 heavy (non-hydrogen) atoms. The number of hydrogen-bond acceptors (Lipinski definition) is 4. The van der Waals surface area contributed by atoms with Gasteiger partial charge in [-0.1, -0.05) is 0 Å². The lowest BCUT2D eigenvalue weighted by Gasteiger charge is -2.21. The molecule has 1 N–H and O–H groups in total. The number of nitrogens with one attached hydrogen (secondary N) is 1. The van der Waals surface area contributed by atoms with Crippen LogP contribution < -0.4 is 5.32 Å². The maximum absolute atomic E-state index is 11.5. The molecule has 5 nitrogen and oxygen atoms in total. The fourth-order valence-corrected chi connectivity index (χ4v) is 1.99. The molecular weight excluding hydrogens is 216 g/mol. The molecule has 1 aliphatic rings. The van der Waals surface area contributed by atoms with E-state index in [-0.39, 0.29) is 11.9 Å². The van der Waals surface area contributed by atoms with Gasteiger partial charge in [-0.2, -0.15) is 0 Å². The van der Waals surface area contributed by atoms with Gasteiger partial charge in [-0.25, -0.2) is 9.97 Å². The van der Waals surface area contributed by atoms with Crippen LogP contribution in [0, 0.1) is 0 Å². The zero-order chi connectivity index (χ0) is 12.1. The Hall–Kier alpha value is -1.49. The average Bonchev–Trinajstić information content (AvgIpc) is 2.74. The topological polar surface area (TPSA) is 58.1 Å². The molecule has 1 atom stereocenters. The van der Waals surface area contributed by atoms with E-state index >= 15 is 0 Å². The van der Waals surface area contributed by atoms with Gasteiger partial charge >= 0.3 is 0 Å². The van der Waals surface area contributed by atoms with E-state index < -0.39 is 0 Å². The summed E-state index contributed by atoms with van der Waals surface area (Å²) in [5.41, 5.74) is 0.972. The highest BCUT2D eigenvalue weighted by molar-refractivity contribution is 5.78. The van der Waals surface area contributed by atoms with Crippen molar-refractivity contribution in [2.45, 2.75) is 32.4 Å². The molecule has 0 aromatic carbocycles. The smallest absolute Gasteiger partial charge is 0.222 e. The zero-order valence-electron chi connectivity index (χ0n) is 10.1. The molecule has 1 aromatic rings. The van der Waals surface area contributed by atoms with Crippen molar-refractivity contribution < 1.29 is 4.79 Å². The van der Waals surface area contributed by atoms with Gasteiger partial charge in [-0.15, -0.1) is 0 Å². The van der Waals surface area contributed by atoms with E-state index in [4.69, 9.17) is 0 Å². The second-order valence-corrected chi connectivity index (χ2v) is 4.43. The number of rotatable bonds is 5. The van der Waals surface area contributed by atoms with Crippen molar-refractivity contribution in [3.63, 3.8) is 0 Å². The van der Waals surface area contributed by atoms with E-state index in [9.17, 15) is 4.79 Å². The molecule has 2 heterocycles. The minimum absolute atomic E-state index is 0.278. The zero-order valence-corrected chi connectivity index (χ0v) is 10.1. The Morgan fingerprint density at radius 2 is 2.47 bits per heavy atom. The number of likely N-dealkylation sites (tertiary alicyclic amines) is 1. The van der Waals surface area contributed by atoms with Gasteiger partial charge in [0.15, 0.2) is 0 Å². The molecule has 2 rings (SSSR count). The second-order valence-electron chi connectivity index (χ2n) is 4.43.